The van der Waals surface area contributed by atoms with Gasteiger partial charge in [-0.1, -0.05) is 18.2 Å². The number of methoxy groups -OCH3 is 1. The third-order valence-corrected chi connectivity index (χ3v) is 4.41. The van der Waals surface area contributed by atoms with E-state index < -0.39 is 5.97 Å². The molecule has 0 unspecified atom stereocenters. The number of phenols is 1. The fourth-order valence-corrected chi connectivity index (χ4v) is 2.81. The van der Waals surface area contributed by atoms with E-state index >= 15 is 0 Å². The number of aryl methyl sites for hydroxylation is 2. The van der Waals surface area contributed by atoms with Gasteiger partial charge in [0.15, 0.2) is 5.75 Å². The van der Waals surface area contributed by atoms with Crippen molar-refractivity contribution in [3.8, 4) is 5.75 Å². The van der Waals surface area contributed by atoms with Gasteiger partial charge in [0.1, 0.15) is 11.1 Å². The highest BCUT2D eigenvalue weighted by atomic mass is 16.5. The van der Waals surface area contributed by atoms with Crippen LogP contribution in [0, 0.1) is 13.8 Å². The van der Waals surface area contributed by atoms with Gasteiger partial charge in [-0.2, -0.15) is 0 Å². The van der Waals surface area contributed by atoms with Crippen molar-refractivity contribution >= 4 is 28.5 Å². The smallest absolute Gasteiger partial charge is 0.341 e. The number of aromatic hydroxyl groups is 1. The number of benzene rings is 2. The molecule has 3 rings (SSSR count). The summed E-state index contributed by atoms with van der Waals surface area (Å²) in [5.41, 5.74) is 3.82. The number of furan rings is 1. The van der Waals surface area contributed by atoms with Gasteiger partial charge in [-0.05, 0) is 37.1 Å². The molecule has 0 spiro atoms. The minimum Gasteiger partial charge on any atom is -0.505 e. The first-order valence-electron chi connectivity index (χ1n) is 8.08. The quantitative estimate of drug-likeness (QED) is 0.551. The number of anilines is 1. The number of amides is 1. The van der Waals surface area contributed by atoms with Crippen LogP contribution in [0.15, 0.2) is 41.0 Å². The second kappa shape index (κ2) is 6.92. The molecule has 2 aromatic carbocycles. The zero-order chi connectivity index (χ0) is 18.8. The second-order valence-corrected chi connectivity index (χ2v) is 6.06. The van der Waals surface area contributed by atoms with Gasteiger partial charge in [-0.3, -0.25) is 4.79 Å². The molecule has 0 saturated heterocycles. The molecular formula is C20H19NO5. The van der Waals surface area contributed by atoms with E-state index in [2.05, 4.69) is 10.1 Å². The highest BCUT2D eigenvalue weighted by Gasteiger charge is 2.17. The van der Waals surface area contributed by atoms with Crippen molar-refractivity contribution in [3.63, 3.8) is 0 Å². The molecule has 26 heavy (non-hydrogen) atoms. The van der Waals surface area contributed by atoms with Gasteiger partial charge >= 0.3 is 5.97 Å². The summed E-state index contributed by atoms with van der Waals surface area (Å²) in [5, 5.41) is 13.7. The van der Waals surface area contributed by atoms with Gasteiger partial charge in [0.05, 0.1) is 25.5 Å². The monoisotopic (exact) mass is 353 g/mol. The van der Waals surface area contributed by atoms with Crippen molar-refractivity contribution in [2.45, 2.75) is 20.3 Å². The first-order valence-corrected chi connectivity index (χ1v) is 8.08. The first kappa shape index (κ1) is 17.5. The van der Waals surface area contributed by atoms with Gasteiger partial charge in [-0.25, -0.2) is 4.79 Å². The van der Waals surface area contributed by atoms with Crippen molar-refractivity contribution in [2.75, 3.05) is 12.4 Å². The van der Waals surface area contributed by atoms with Gasteiger partial charge < -0.3 is 19.6 Å². The molecule has 0 radical (unpaired) electrons. The zero-order valence-corrected chi connectivity index (χ0v) is 14.8. The van der Waals surface area contributed by atoms with E-state index in [9.17, 15) is 14.7 Å². The van der Waals surface area contributed by atoms with Crippen LogP contribution in [0.2, 0.25) is 0 Å². The summed E-state index contributed by atoms with van der Waals surface area (Å²) in [6, 6.07) is 8.41. The largest absolute Gasteiger partial charge is 0.505 e. The Bertz CT molecular complexity index is 1000. The molecule has 3 aromatic rings. The Labute approximate surface area is 150 Å². The Morgan fingerprint density at radius 2 is 1.96 bits per heavy atom. The molecule has 0 saturated carbocycles. The standard InChI is InChI=1S/C20H19NO5/c1-11-7-8-14-13(10-26-19(14)12(11)2)9-17(22)21-16-6-4-5-15(18(16)23)20(24)25-3/h4-8,10,23H,9H2,1-3H3,(H,21,22). The van der Waals surface area contributed by atoms with E-state index in [4.69, 9.17) is 4.42 Å². The second-order valence-electron chi connectivity index (χ2n) is 6.06. The van der Waals surface area contributed by atoms with Crippen LogP contribution in [0.4, 0.5) is 5.69 Å². The average molecular weight is 353 g/mol. The number of fused-ring (bicyclic) bond motifs is 1. The van der Waals surface area contributed by atoms with Crippen molar-refractivity contribution in [2.24, 2.45) is 0 Å². The number of ether oxygens (including phenoxy) is 1. The SMILES string of the molecule is COC(=O)c1cccc(NC(=O)Cc2coc3c(C)c(C)ccc23)c1O. The Morgan fingerprint density at radius 1 is 1.19 bits per heavy atom. The molecular weight excluding hydrogens is 334 g/mol. The van der Waals surface area contributed by atoms with Crippen LogP contribution < -0.4 is 5.32 Å². The molecule has 1 heterocycles. The number of hydrogen-bond acceptors (Lipinski definition) is 5. The van der Waals surface area contributed by atoms with Gasteiger partial charge in [0.2, 0.25) is 5.91 Å². The van der Waals surface area contributed by atoms with E-state index in [1.807, 2.05) is 26.0 Å². The maximum Gasteiger partial charge on any atom is 0.341 e. The van der Waals surface area contributed by atoms with Crippen LogP contribution in [0.1, 0.15) is 27.0 Å². The summed E-state index contributed by atoms with van der Waals surface area (Å²) in [6.07, 6.45) is 1.65. The highest BCUT2D eigenvalue weighted by molar-refractivity contribution is 6.00. The van der Waals surface area contributed by atoms with E-state index in [0.29, 0.717) is 0 Å². The summed E-state index contributed by atoms with van der Waals surface area (Å²) in [7, 11) is 1.22. The Hall–Kier alpha value is -3.28. The summed E-state index contributed by atoms with van der Waals surface area (Å²) in [6.45, 7) is 3.97. The fraction of sp³-hybridized carbons (Fsp3) is 0.200. The lowest BCUT2D eigenvalue weighted by Crippen LogP contribution is -2.15. The maximum atomic E-state index is 12.4. The van der Waals surface area contributed by atoms with Crippen molar-refractivity contribution in [1.29, 1.82) is 0 Å². The Kier molecular flexibility index (Phi) is 4.67. The lowest BCUT2D eigenvalue weighted by atomic mass is 10.0. The molecule has 0 aliphatic rings. The van der Waals surface area contributed by atoms with Crippen LogP contribution in [0.25, 0.3) is 11.0 Å². The number of para-hydroxylation sites is 1. The van der Waals surface area contributed by atoms with E-state index in [-0.39, 0.29) is 29.3 Å². The minimum atomic E-state index is -0.676. The van der Waals surface area contributed by atoms with Crippen LogP contribution in [0.3, 0.4) is 0 Å². The maximum absolute atomic E-state index is 12.4. The molecule has 134 valence electrons. The van der Waals surface area contributed by atoms with E-state index in [1.54, 1.807) is 12.3 Å². The molecule has 0 fully saturated rings. The number of carbonyl (C=O) groups excluding carboxylic acids is 2. The lowest BCUT2D eigenvalue weighted by molar-refractivity contribution is -0.115. The van der Waals surface area contributed by atoms with Crippen molar-refractivity contribution in [3.05, 3.63) is 58.8 Å². The Morgan fingerprint density at radius 3 is 2.69 bits per heavy atom. The number of carbonyl (C=O) groups is 2. The molecule has 1 amide bonds. The molecule has 1 aromatic heterocycles. The fourth-order valence-electron chi connectivity index (χ4n) is 2.81. The third-order valence-electron chi connectivity index (χ3n) is 4.41. The number of hydrogen-bond donors (Lipinski definition) is 2. The minimum absolute atomic E-state index is 0.00911. The summed E-state index contributed by atoms with van der Waals surface area (Å²) < 4.78 is 10.2. The van der Waals surface area contributed by atoms with Crippen LogP contribution in [-0.4, -0.2) is 24.1 Å². The highest BCUT2D eigenvalue weighted by Crippen LogP contribution is 2.29. The number of phenolic OH excluding ortho intramolecular Hbond substituents is 1. The third kappa shape index (κ3) is 3.13. The summed E-state index contributed by atoms with van der Waals surface area (Å²) >= 11 is 0. The molecule has 0 atom stereocenters. The van der Waals surface area contributed by atoms with Crippen LogP contribution in [0.5, 0.6) is 5.75 Å². The Balaban J connectivity index is 1.82. The van der Waals surface area contributed by atoms with Crippen LogP contribution in [-0.2, 0) is 16.0 Å². The van der Waals surface area contributed by atoms with Crippen molar-refractivity contribution < 1.29 is 23.8 Å². The lowest BCUT2D eigenvalue weighted by Gasteiger charge is -2.09. The zero-order valence-electron chi connectivity index (χ0n) is 14.8. The average Bonchev–Trinajstić information content (AvgIpc) is 3.02. The predicted octanol–water partition coefficient (Wildman–Crippen LogP) is 3.72. The van der Waals surface area contributed by atoms with E-state index in [1.165, 1.54) is 19.2 Å². The summed E-state index contributed by atoms with van der Waals surface area (Å²) in [5.74, 6) is -1.33. The summed E-state index contributed by atoms with van der Waals surface area (Å²) in [4.78, 5) is 24.0. The molecule has 0 aliphatic heterocycles. The number of nitrogens with one attached hydrogen (secondary N) is 1. The number of rotatable bonds is 4. The van der Waals surface area contributed by atoms with Gasteiger partial charge in [0, 0.05) is 10.9 Å². The molecule has 6 heteroatoms. The number of esters is 1. The van der Waals surface area contributed by atoms with Gasteiger partial charge in [0.25, 0.3) is 0 Å². The topological polar surface area (TPSA) is 88.8 Å². The van der Waals surface area contributed by atoms with Crippen molar-refractivity contribution in [1.82, 2.24) is 0 Å². The predicted molar refractivity (Wildman–Crippen MR) is 97.5 cm³/mol. The first-order chi connectivity index (χ1) is 12.4. The molecule has 2 N–H and O–H groups in total. The van der Waals surface area contributed by atoms with E-state index in [0.717, 1.165) is 27.7 Å². The van der Waals surface area contributed by atoms with Crippen LogP contribution >= 0.6 is 0 Å². The van der Waals surface area contributed by atoms with Gasteiger partial charge in [-0.15, -0.1) is 0 Å². The normalized spacial score (nSPS) is 10.7. The molecule has 0 bridgehead atoms. The molecule has 0 aliphatic carbocycles. The molecule has 6 nitrogen and oxygen atoms in total.